The lowest BCUT2D eigenvalue weighted by atomic mass is 10.1. The molecule has 1 unspecified atom stereocenters. The summed E-state index contributed by atoms with van der Waals surface area (Å²) in [4.78, 5) is 34.4. The summed E-state index contributed by atoms with van der Waals surface area (Å²) in [6, 6.07) is -0.464. The molecule has 0 aliphatic heterocycles. The van der Waals surface area contributed by atoms with Crippen LogP contribution >= 0.6 is 21.6 Å². The SMILES string of the molecule is C=C(C)C(=O)OCCSSCC(NC(=O)CCCCCNC(C)C)C(=O)O. The maximum absolute atomic E-state index is 11.9. The zero-order chi connectivity index (χ0) is 20.7. The van der Waals surface area contributed by atoms with E-state index < -0.39 is 18.0 Å². The van der Waals surface area contributed by atoms with Crippen LogP contribution in [0.1, 0.15) is 46.5 Å². The molecule has 0 radical (unpaired) electrons. The van der Waals surface area contributed by atoms with Crippen molar-refractivity contribution in [2.24, 2.45) is 0 Å². The topological polar surface area (TPSA) is 105 Å². The summed E-state index contributed by atoms with van der Waals surface area (Å²) in [7, 11) is 2.73. The van der Waals surface area contributed by atoms with E-state index in [4.69, 9.17) is 4.74 Å². The maximum atomic E-state index is 11.9. The number of ether oxygens (including phenoxy) is 1. The summed E-state index contributed by atoms with van der Waals surface area (Å²) < 4.78 is 4.94. The molecule has 7 nitrogen and oxygen atoms in total. The van der Waals surface area contributed by atoms with Crippen molar-refractivity contribution in [3.05, 3.63) is 12.2 Å². The Kier molecular flexibility index (Phi) is 15.1. The van der Waals surface area contributed by atoms with Gasteiger partial charge in [-0.15, -0.1) is 0 Å². The van der Waals surface area contributed by atoms with Gasteiger partial charge in [-0.05, 0) is 26.3 Å². The van der Waals surface area contributed by atoms with Gasteiger partial charge in [-0.25, -0.2) is 9.59 Å². The molecular weight excluding hydrogens is 388 g/mol. The van der Waals surface area contributed by atoms with Crippen LogP contribution in [0.15, 0.2) is 12.2 Å². The first kappa shape index (κ1) is 25.8. The zero-order valence-electron chi connectivity index (χ0n) is 16.4. The molecule has 0 aliphatic rings. The van der Waals surface area contributed by atoms with Crippen molar-refractivity contribution in [3.63, 3.8) is 0 Å². The highest BCUT2D eigenvalue weighted by atomic mass is 33.1. The third-order valence-electron chi connectivity index (χ3n) is 3.33. The fourth-order valence-corrected chi connectivity index (χ4v) is 3.87. The third-order valence-corrected chi connectivity index (χ3v) is 5.71. The molecule has 0 bridgehead atoms. The molecule has 3 N–H and O–H groups in total. The molecule has 0 rings (SSSR count). The van der Waals surface area contributed by atoms with Crippen LogP contribution < -0.4 is 10.6 Å². The molecule has 0 fully saturated rings. The lowest BCUT2D eigenvalue weighted by Crippen LogP contribution is -2.42. The van der Waals surface area contributed by atoms with Gasteiger partial charge in [-0.1, -0.05) is 48.4 Å². The monoisotopic (exact) mass is 420 g/mol. The van der Waals surface area contributed by atoms with Crippen LogP contribution in [-0.2, 0) is 19.1 Å². The van der Waals surface area contributed by atoms with Crippen LogP contribution in [0.4, 0.5) is 0 Å². The Hall–Kier alpha value is -1.19. The van der Waals surface area contributed by atoms with Crippen LogP contribution in [0, 0.1) is 0 Å². The number of carboxylic acid groups (broad SMARTS) is 1. The average Bonchev–Trinajstić information content (AvgIpc) is 2.58. The van der Waals surface area contributed by atoms with Crippen molar-refractivity contribution >= 4 is 39.4 Å². The second-order valence-electron chi connectivity index (χ2n) is 6.40. The van der Waals surface area contributed by atoms with Crippen molar-refractivity contribution in [1.29, 1.82) is 0 Å². The number of hydrogen-bond donors (Lipinski definition) is 3. The molecule has 27 heavy (non-hydrogen) atoms. The predicted octanol–water partition coefficient (Wildman–Crippen LogP) is 2.61. The number of aliphatic carboxylic acids is 1. The Bertz CT molecular complexity index is 486. The summed E-state index contributed by atoms with van der Waals surface area (Å²) >= 11 is 0. The summed E-state index contributed by atoms with van der Waals surface area (Å²) in [5.41, 5.74) is 0.345. The standard InChI is InChI=1S/C18H32N2O5S2/c1-13(2)18(24)25-10-11-26-27-12-15(17(22)23)20-16(21)8-6-5-7-9-19-14(3)4/h14-15,19H,1,5-12H2,2-4H3,(H,20,21)(H,22,23). The number of hydrogen-bond acceptors (Lipinski definition) is 7. The number of carbonyl (C=O) groups excluding carboxylic acids is 2. The van der Waals surface area contributed by atoms with Crippen molar-refractivity contribution in [2.45, 2.75) is 58.5 Å². The maximum Gasteiger partial charge on any atom is 0.333 e. The molecule has 0 aromatic heterocycles. The second-order valence-corrected chi connectivity index (χ2v) is 9.03. The van der Waals surface area contributed by atoms with Gasteiger partial charge < -0.3 is 20.5 Å². The van der Waals surface area contributed by atoms with Crippen LogP contribution in [0.2, 0.25) is 0 Å². The van der Waals surface area contributed by atoms with Gasteiger partial charge in [-0.3, -0.25) is 4.79 Å². The molecule has 1 atom stereocenters. The highest BCUT2D eigenvalue weighted by Crippen LogP contribution is 2.22. The Labute approximate surface area is 169 Å². The van der Waals surface area contributed by atoms with E-state index in [9.17, 15) is 19.5 Å². The predicted molar refractivity (Wildman–Crippen MR) is 112 cm³/mol. The van der Waals surface area contributed by atoms with Gasteiger partial charge in [0, 0.05) is 29.5 Å². The van der Waals surface area contributed by atoms with Crippen molar-refractivity contribution < 1.29 is 24.2 Å². The summed E-state index contributed by atoms with van der Waals surface area (Å²) in [5.74, 6) is -0.935. The number of nitrogens with one attached hydrogen (secondary N) is 2. The van der Waals surface area contributed by atoms with Gasteiger partial charge in [0.05, 0.1) is 0 Å². The van der Waals surface area contributed by atoms with E-state index in [0.29, 0.717) is 23.8 Å². The summed E-state index contributed by atoms with van der Waals surface area (Å²) in [6.07, 6.45) is 3.00. The minimum atomic E-state index is -1.05. The van der Waals surface area contributed by atoms with E-state index in [1.807, 2.05) is 0 Å². The first-order chi connectivity index (χ1) is 12.7. The molecule has 0 saturated heterocycles. The molecule has 0 saturated carbocycles. The van der Waals surface area contributed by atoms with E-state index in [1.165, 1.54) is 21.6 Å². The molecule has 0 aliphatic carbocycles. The van der Waals surface area contributed by atoms with E-state index in [-0.39, 0.29) is 18.3 Å². The zero-order valence-corrected chi connectivity index (χ0v) is 18.0. The lowest BCUT2D eigenvalue weighted by Gasteiger charge is -2.14. The van der Waals surface area contributed by atoms with E-state index >= 15 is 0 Å². The van der Waals surface area contributed by atoms with E-state index in [1.54, 1.807) is 6.92 Å². The van der Waals surface area contributed by atoms with E-state index in [2.05, 4.69) is 31.1 Å². The first-order valence-electron chi connectivity index (χ1n) is 9.06. The van der Waals surface area contributed by atoms with Gasteiger partial charge in [0.25, 0.3) is 0 Å². The largest absolute Gasteiger partial charge is 0.480 e. The number of carbonyl (C=O) groups is 3. The lowest BCUT2D eigenvalue weighted by molar-refractivity contribution is -0.141. The molecule has 0 aromatic carbocycles. The summed E-state index contributed by atoms with van der Waals surface area (Å²) in [5, 5.41) is 15.1. The Morgan fingerprint density at radius 1 is 1.15 bits per heavy atom. The Balaban J connectivity index is 3.86. The van der Waals surface area contributed by atoms with Gasteiger partial charge in [0.2, 0.25) is 5.91 Å². The molecule has 9 heteroatoms. The smallest absolute Gasteiger partial charge is 0.333 e. The normalized spacial score (nSPS) is 11.9. The van der Waals surface area contributed by atoms with E-state index in [0.717, 1.165) is 25.8 Å². The average molecular weight is 421 g/mol. The molecule has 1 amide bonds. The van der Waals surface area contributed by atoms with Gasteiger partial charge >= 0.3 is 11.9 Å². The van der Waals surface area contributed by atoms with Gasteiger partial charge in [-0.2, -0.15) is 0 Å². The van der Waals surface area contributed by atoms with Gasteiger partial charge in [0.1, 0.15) is 12.6 Å². The first-order valence-corrected chi connectivity index (χ1v) is 11.6. The Morgan fingerprint density at radius 3 is 2.44 bits per heavy atom. The summed E-state index contributed by atoms with van der Waals surface area (Å²) in [6.45, 7) is 10.4. The number of unbranched alkanes of at least 4 members (excludes halogenated alkanes) is 2. The molecule has 0 heterocycles. The minimum absolute atomic E-state index is 0.235. The second kappa shape index (κ2) is 15.8. The number of rotatable bonds is 16. The Morgan fingerprint density at radius 2 is 1.85 bits per heavy atom. The van der Waals surface area contributed by atoms with Crippen LogP contribution in [0.3, 0.4) is 0 Å². The minimum Gasteiger partial charge on any atom is -0.480 e. The molecule has 0 spiro atoms. The number of carboxylic acids is 1. The number of amides is 1. The van der Waals surface area contributed by atoms with Crippen molar-refractivity contribution in [2.75, 3.05) is 24.7 Å². The molecule has 156 valence electrons. The molecule has 0 aromatic rings. The number of esters is 1. The highest BCUT2D eigenvalue weighted by Gasteiger charge is 2.19. The fourth-order valence-electron chi connectivity index (χ4n) is 1.89. The van der Waals surface area contributed by atoms with Crippen molar-refractivity contribution in [3.8, 4) is 0 Å². The third kappa shape index (κ3) is 15.6. The fraction of sp³-hybridized carbons (Fsp3) is 0.722. The quantitative estimate of drug-likeness (QED) is 0.151. The molecular formula is C18H32N2O5S2. The van der Waals surface area contributed by atoms with Crippen LogP contribution in [0.5, 0.6) is 0 Å². The van der Waals surface area contributed by atoms with Crippen LogP contribution in [0.25, 0.3) is 0 Å². The van der Waals surface area contributed by atoms with Gasteiger partial charge in [0.15, 0.2) is 0 Å². The van der Waals surface area contributed by atoms with Crippen molar-refractivity contribution in [1.82, 2.24) is 10.6 Å². The highest BCUT2D eigenvalue weighted by molar-refractivity contribution is 8.76. The van der Waals surface area contributed by atoms with Crippen LogP contribution in [-0.4, -0.2) is 59.7 Å².